The molecule has 246 valence electrons. The summed E-state index contributed by atoms with van der Waals surface area (Å²) in [5.41, 5.74) is 1.53. The van der Waals surface area contributed by atoms with Gasteiger partial charge < -0.3 is 20.4 Å². The van der Waals surface area contributed by atoms with Gasteiger partial charge in [-0.1, -0.05) is 37.6 Å². The van der Waals surface area contributed by atoms with Gasteiger partial charge in [0, 0.05) is 75.0 Å². The molecule has 0 radical (unpaired) electrons. The lowest BCUT2D eigenvalue weighted by Crippen LogP contribution is -2.52. The minimum atomic E-state index is -4.51. The normalized spacial score (nSPS) is 22.2. The molecule has 0 saturated carbocycles. The van der Waals surface area contributed by atoms with E-state index in [4.69, 9.17) is 11.6 Å². The zero-order chi connectivity index (χ0) is 32.5. The first-order valence-electron chi connectivity index (χ1n) is 16.1. The Kier molecular flexibility index (Phi) is 10.4. The van der Waals surface area contributed by atoms with Gasteiger partial charge in [0.2, 0.25) is 11.8 Å². The molecule has 7 nitrogen and oxygen atoms in total. The minimum Gasteiger partial charge on any atom is -0.368 e. The molecule has 2 aromatic carbocycles. The molecule has 0 aliphatic carbocycles. The van der Waals surface area contributed by atoms with Crippen LogP contribution < -0.4 is 15.5 Å². The van der Waals surface area contributed by atoms with E-state index in [0.717, 1.165) is 18.2 Å². The van der Waals surface area contributed by atoms with Crippen LogP contribution in [0.2, 0.25) is 5.02 Å². The maximum Gasteiger partial charge on any atom is 0.416 e. The summed E-state index contributed by atoms with van der Waals surface area (Å²) in [6, 6.07) is 11.4. The lowest BCUT2D eigenvalue weighted by molar-refractivity contribution is -0.138. The van der Waals surface area contributed by atoms with E-state index in [1.807, 2.05) is 43.0 Å². The van der Waals surface area contributed by atoms with Crippen molar-refractivity contribution in [3.8, 4) is 0 Å². The Morgan fingerprint density at radius 2 is 1.64 bits per heavy atom. The number of nitrogens with one attached hydrogen (secondary N) is 2. The molecule has 0 aromatic heterocycles. The molecule has 2 aromatic rings. The number of hydrogen-bond acceptors (Lipinski definition) is 5. The number of hydrogen-bond donors (Lipinski definition) is 2. The van der Waals surface area contributed by atoms with Gasteiger partial charge in [-0.2, -0.15) is 13.2 Å². The van der Waals surface area contributed by atoms with Crippen molar-refractivity contribution in [1.29, 1.82) is 0 Å². The molecule has 11 heteroatoms. The SMILES string of the molecule is CC(C)C[C@H](NC(=O)C1CNC1)c1cc(C(F)(F)F)ccc1N1CCN(C(=O)[C@@H]2CN(C(C)C)C[C@H]2c2ccc(Cl)cc2)CC1. The summed E-state index contributed by atoms with van der Waals surface area (Å²) in [5, 5.41) is 6.82. The monoisotopic (exact) mass is 647 g/mol. The number of alkyl halides is 3. The fourth-order valence-electron chi connectivity index (χ4n) is 6.75. The predicted molar refractivity (Wildman–Crippen MR) is 171 cm³/mol. The first kappa shape index (κ1) is 33.5. The average molecular weight is 648 g/mol. The van der Waals surface area contributed by atoms with E-state index in [9.17, 15) is 22.8 Å². The summed E-state index contributed by atoms with van der Waals surface area (Å²) < 4.78 is 41.7. The molecule has 0 bridgehead atoms. The molecule has 2 amide bonds. The summed E-state index contributed by atoms with van der Waals surface area (Å²) in [5.74, 6) is -0.180. The smallest absolute Gasteiger partial charge is 0.368 e. The van der Waals surface area contributed by atoms with Crippen molar-refractivity contribution in [3.63, 3.8) is 0 Å². The van der Waals surface area contributed by atoms with Crippen LogP contribution in [-0.4, -0.2) is 80.0 Å². The first-order chi connectivity index (χ1) is 21.3. The Bertz CT molecular complexity index is 1340. The van der Waals surface area contributed by atoms with Crippen LogP contribution in [0.1, 0.15) is 62.8 Å². The Balaban J connectivity index is 1.35. The number of anilines is 1. The van der Waals surface area contributed by atoms with Crippen molar-refractivity contribution in [1.82, 2.24) is 20.4 Å². The molecule has 3 atom stereocenters. The van der Waals surface area contributed by atoms with E-state index >= 15 is 0 Å². The maximum absolute atomic E-state index is 14.0. The van der Waals surface area contributed by atoms with Gasteiger partial charge in [0.05, 0.1) is 23.4 Å². The molecular formula is C34H45ClF3N5O2. The highest BCUT2D eigenvalue weighted by Gasteiger charge is 2.42. The van der Waals surface area contributed by atoms with Crippen LogP contribution in [0.25, 0.3) is 0 Å². The van der Waals surface area contributed by atoms with Gasteiger partial charge >= 0.3 is 6.18 Å². The summed E-state index contributed by atoms with van der Waals surface area (Å²) in [7, 11) is 0. The number of rotatable bonds is 9. The van der Waals surface area contributed by atoms with Crippen molar-refractivity contribution in [2.45, 2.75) is 58.3 Å². The molecule has 3 heterocycles. The van der Waals surface area contributed by atoms with Crippen LogP contribution in [0.15, 0.2) is 42.5 Å². The van der Waals surface area contributed by atoms with E-state index in [1.54, 1.807) is 0 Å². The van der Waals surface area contributed by atoms with Crippen LogP contribution in [0, 0.1) is 17.8 Å². The average Bonchev–Trinajstić information content (AvgIpc) is 3.41. The molecule has 3 aliphatic heterocycles. The van der Waals surface area contributed by atoms with Crippen LogP contribution in [0.3, 0.4) is 0 Å². The van der Waals surface area contributed by atoms with Crippen molar-refractivity contribution in [2.24, 2.45) is 17.8 Å². The van der Waals surface area contributed by atoms with Gasteiger partial charge in [0.25, 0.3) is 0 Å². The van der Waals surface area contributed by atoms with E-state index in [2.05, 4.69) is 34.3 Å². The molecule has 5 rings (SSSR count). The second kappa shape index (κ2) is 13.9. The van der Waals surface area contributed by atoms with Crippen molar-refractivity contribution in [3.05, 3.63) is 64.2 Å². The second-order valence-electron chi connectivity index (χ2n) is 13.4. The van der Waals surface area contributed by atoms with Gasteiger partial charge in [-0.05, 0) is 67.6 Å². The van der Waals surface area contributed by atoms with Gasteiger partial charge in [0.1, 0.15) is 0 Å². The van der Waals surface area contributed by atoms with E-state index in [-0.39, 0.29) is 35.5 Å². The van der Waals surface area contributed by atoms with Gasteiger partial charge in [-0.3, -0.25) is 14.5 Å². The highest BCUT2D eigenvalue weighted by molar-refractivity contribution is 6.30. The Morgan fingerprint density at radius 1 is 0.978 bits per heavy atom. The number of piperazine rings is 1. The number of nitrogens with zero attached hydrogens (tertiary/aromatic N) is 3. The molecule has 3 aliphatic rings. The third-order valence-corrected chi connectivity index (χ3v) is 9.78. The zero-order valence-electron chi connectivity index (χ0n) is 26.5. The van der Waals surface area contributed by atoms with Crippen molar-refractivity contribution in [2.75, 3.05) is 57.3 Å². The molecular weight excluding hydrogens is 603 g/mol. The quantitative estimate of drug-likeness (QED) is 0.374. The van der Waals surface area contributed by atoms with Crippen LogP contribution >= 0.6 is 11.6 Å². The second-order valence-corrected chi connectivity index (χ2v) is 13.9. The lowest BCUT2D eigenvalue weighted by Gasteiger charge is -2.39. The van der Waals surface area contributed by atoms with Crippen LogP contribution in [0.4, 0.5) is 18.9 Å². The standard InChI is InChI=1S/C34H45ClF3N5O2/c1-21(2)15-30(40-32(44)24-17-39-18-24)27-16-25(34(36,37)38)7-10-31(27)41-11-13-42(14-12-41)33(45)29-20-43(22(3)4)19-28(29)23-5-8-26(35)9-6-23/h5-10,16,21-22,24,28-30,39H,11-15,17-20H2,1-4H3,(H,40,44)/t28-,29+,30-/m0/s1. The summed E-state index contributed by atoms with van der Waals surface area (Å²) in [6.07, 6.45) is -3.99. The van der Waals surface area contributed by atoms with Gasteiger partial charge in [0.15, 0.2) is 0 Å². The highest BCUT2D eigenvalue weighted by Crippen LogP contribution is 2.39. The maximum atomic E-state index is 14.0. The third-order valence-electron chi connectivity index (χ3n) is 9.53. The molecule has 45 heavy (non-hydrogen) atoms. The molecule has 0 unspecified atom stereocenters. The zero-order valence-corrected chi connectivity index (χ0v) is 27.3. The highest BCUT2D eigenvalue weighted by atomic mass is 35.5. The Morgan fingerprint density at radius 3 is 2.20 bits per heavy atom. The molecule has 2 N–H and O–H groups in total. The number of carbonyl (C=O) groups excluding carboxylic acids is 2. The fraction of sp³-hybridized carbons (Fsp3) is 0.588. The predicted octanol–water partition coefficient (Wildman–Crippen LogP) is 5.55. The Hall–Kier alpha value is -2.82. The number of carbonyl (C=O) groups is 2. The number of amides is 2. The molecule has 3 saturated heterocycles. The number of halogens is 4. The largest absolute Gasteiger partial charge is 0.416 e. The summed E-state index contributed by atoms with van der Waals surface area (Å²) in [6.45, 7) is 12.8. The summed E-state index contributed by atoms with van der Waals surface area (Å²) in [4.78, 5) is 33.3. The first-order valence-corrected chi connectivity index (χ1v) is 16.4. The van der Waals surface area contributed by atoms with Crippen LogP contribution in [-0.2, 0) is 15.8 Å². The molecule has 0 spiro atoms. The topological polar surface area (TPSA) is 67.9 Å². The Labute approximate surface area is 269 Å². The molecule has 3 fully saturated rings. The minimum absolute atomic E-state index is 0.0583. The van der Waals surface area contributed by atoms with E-state index in [0.29, 0.717) is 74.5 Å². The number of benzene rings is 2. The van der Waals surface area contributed by atoms with Crippen molar-refractivity contribution >= 4 is 29.1 Å². The lowest BCUT2D eigenvalue weighted by atomic mass is 9.88. The van der Waals surface area contributed by atoms with E-state index < -0.39 is 17.8 Å². The van der Waals surface area contributed by atoms with E-state index in [1.165, 1.54) is 12.1 Å². The number of likely N-dealkylation sites (tertiary alicyclic amines) is 1. The fourth-order valence-corrected chi connectivity index (χ4v) is 6.88. The van der Waals surface area contributed by atoms with Crippen LogP contribution in [0.5, 0.6) is 0 Å². The third kappa shape index (κ3) is 7.77. The van der Waals surface area contributed by atoms with Gasteiger partial charge in [-0.15, -0.1) is 0 Å². The summed E-state index contributed by atoms with van der Waals surface area (Å²) >= 11 is 6.15. The van der Waals surface area contributed by atoms with Gasteiger partial charge in [-0.25, -0.2) is 0 Å². The van der Waals surface area contributed by atoms with Crippen molar-refractivity contribution < 1.29 is 22.8 Å².